The number of hydrogen-bond acceptors (Lipinski definition) is 14. The van der Waals surface area contributed by atoms with E-state index in [4.69, 9.17) is 18.9 Å². The number of alkyl halides is 2. The van der Waals surface area contributed by atoms with Crippen molar-refractivity contribution in [2.45, 2.75) is 104 Å². The van der Waals surface area contributed by atoms with Crippen molar-refractivity contribution < 1.29 is 82.0 Å². The molecule has 97 heavy (non-hydrogen) atoms. The van der Waals surface area contributed by atoms with Gasteiger partial charge in [0.1, 0.15) is 46.1 Å². The molecule has 0 spiro atoms. The number of carbonyl (C=O) groups is 2. The van der Waals surface area contributed by atoms with Crippen molar-refractivity contribution in [1.29, 1.82) is 0 Å². The molecule has 10 aromatic rings. The third-order valence-corrected chi connectivity index (χ3v) is 29.6. The van der Waals surface area contributed by atoms with E-state index in [-0.39, 0.29) is 45.2 Å². The van der Waals surface area contributed by atoms with Gasteiger partial charge in [0.05, 0.1) is 19.6 Å². The molecule has 20 heteroatoms. The number of Topliss-reactive ketones (excluding diaryl/α,β-unsaturated/α-hetero) is 2. The Balaban J connectivity index is 0.000000216. The maximum atomic E-state index is 13.3. The fourth-order valence-corrected chi connectivity index (χ4v) is 16.6. The van der Waals surface area contributed by atoms with Crippen LogP contribution in [0.4, 0.5) is 0 Å². The number of hydrogen-bond donors (Lipinski definition) is 0. The van der Waals surface area contributed by atoms with Gasteiger partial charge in [-0.2, -0.15) is 0 Å². The quantitative estimate of drug-likeness (QED) is 0.0313. The van der Waals surface area contributed by atoms with Crippen LogP contribution in [0.25, 0.3) is 0 Å². The number of ketones is 2. The van der Waals surface area contributed by atoms with Crippen LogP contribution in [0.15, 0.2) is 290 Å². The van der Waals surface area contributed by atoms with Gasteiger partial charge in [0.25, 0.3) is 0 Å². The van der Waals surface area contributed by atoms with Gasteiger partial charge >= 0.3 is 137 Å². The Labute approximate surface area is 594 Å². The molecule has 10 rings (SSSR count). The Morgan fingerprint density at radius 1 is 0.361 bits per heavy atom. The second-order valence-corrected chi connectivity index (χ2v) is 38.4. The Kier molecular flexibility index (Phi) is 27.5. The Morgan fingerprint density at radius 3 is 0.887 bits per heavy atom. The molecule has 0 saturated heterocycles. The molecule has 0 saturated carbocycles. The van der Waals surface area contributed by atoms with E-state index >= 15 is 0 Å². The van der Waals surface area contributed by atoms with Crippen LogP contribution in [0.1, 0.15) is 71.1 Å². The number of carbonyl (C=O) groups excluding carboxylic acids is 2. The van der Waals surface area contributed by atoms with Crippen LogP contribution in [0.3, 0.4) is 0 Å². The minimum Gasteiger partial charge on any atom is -0.457 e. The van der Waals surface area contributed by atoms with Gasteiger partial charge < -0.3 is 14.2 Å². The van der Waals surface area contributed by atoms with Gasteiger partial charge in [-0.05, 0) is 179 Å². The van der Waals surface area contributed by atoms with Crippen molar-refractivity contribution >= 4 is 70.7 Å². The molecule has 0 amide bonds. The van der Waals surface area contributed by atoms with Gasteiger partial charge in [0.2, 0.25) is 19.7 Å². The number of rotatable bonds is 24. The molecule has 0 aromatic heterocycles. The summed E-state index contributed by atoms with van der Waals surface area (Å²) in [6.07, 6.45) is 2.98. The summed E-state index contributed by atoms with van der Waals surface area (Å²) >= 11 is 0.888. The first-order valence-electron chi connectivity index (χ1n) is 30.7. The molecule has 0 N–H and O–H groups in total. The molecule has 2 atom stereocenters. The minimum absolute atomic E-state index is 0.0148. The van der Waals surface area contributed by atoms with Crippen molar-refractivity contribution in [2.24, 2.45) is 10.8 Å². The smallest absolute Gasteiger partial charge is 0.127 e. The van der Waals surface area contributed by atoms with E-state index in [1.807, 2.05) is 153 Å². The predicted molar refractivity (Wildman–Crippen MR) is 385 cm³/mol. The van der Waals surface area contributed by atoms with Gasteiger partial charge in [-0.1, -0.05) is 147 Å². The average molecular weight is 1610 g/mol. The molecular weight excluding hydrogens is 1530 g/mol. The standard InChI is InChI=1S/C38H36O7S2.C14H13I2O5S2.C13H18O.C12H10O/c1-5-38(4,28(3)39)26-29-8-18-34(19-9-29)46(40,41)35-20-14-32(15-21-35)45-33-16-24-37(25-17-33)47(42,43)36-22-12-31(13-23-36)44-30-10-6-27(2)7-11-30;1-16-23(19,20)14-8-4-12(5-9-14)21-11-2-6-13(7-3-11)22(17,18)10-15;1-4-13(3,11(2)14)10-12-8-6-5-7-9-12;1-3-7-11(8-4-1)13-12-9-5-2-6-10-12/h6-25H,5,26H2,1-4H3;2-9H,10H2,1H3;5-9H,4,10H2,1-3H3;1-10H/q;-1;;. The van der Waals surface area contributed by atoms with Crippen molar-refractivity contribution in [3.8, 4) is 46.0 Å². The number of ether oxygens (including phenoxy) is 4. The molecule has 0 heterocycles. The summed E-state index contributed by atoms with van der Waals surface area (Å²) in [5.74, 6) is 5.06. The van der Waals surface area contributed by atoms with Crippen LogP contribution in [0.2, 0.25) is 0 Å². The second kappa shape index (κ2) is 35.0. The monoisotopic (exact) mass is 1610 g/mol. The van der Waals surface area contributed by atoms with Crippen molar-refractivity contribution in [3.05, 3.63) is 278 Å². The topological polar surface area (TPSA) is 208 Å². The van der Waals surface area contributed by atoms with Gasteiger partial charge in [-0.3, -0.25) is 9.59 Å². The normalized spacial score (nSPS) is 12.6. The molecule has 0 aliphatic heterocycles. The first-order chi connectivity index (χ1) is 46.1. The Bertz CT molecular complexity index is 4540. The zero-order chi connectivity index (χ0) is 70.4. The third kappa shape index (κ3) is 22.0. The molecular formula is C77H77I2O14S4-. The zero-order valence-corrected chi connectivity index (χ0v) is 62.5. The molecule has 10 aromatic carbocycles. The van der Waals surface area contributed by atoms with Crippen molar-refractivity contribution in [1.82, 2.24) is 0 Å². The first-order valence-corrected chi connectivity index (χ1v) is 43.0. The maximum absolute atomic E-state index is 13.3. The van der Waals surface area contributed by atoms with E-state index in [9.17, 15) is 43.3 Å². The van der Waals surface area contributed by atoms with E-state index in [1.54, 1.807) is 104 Å². The summed E-state index contributed by atoms with van der Waals surface area (Å²) in [5.41, 5.74) is 2.57. The van der Waals surface area contributed by atoms with E-state index in [0.717, 1.165) is 35.5 Å². The predicted octanol–water partition coefficient (Wildman–Crippen LogP) is 15.6. The Morgan fingerprint density at radius 2 is 0.608 bits per heavy atom. The van der Waals surface area contributed by atoms with Gasteiger partial charge in [0, 0.05) is 10.8 Å². The fraction of sp³-hybridized carbons (Fsp3) is 0.195. The van der Waals surface area contributed by atoms with Crippen molar-refractivity contribution in [2.75, 3.05) is 8.69 Å². The van der Waals surface area contributed by atoms with Gasteiger partial charge in [-0.25, -0.2) is 16.8 Å². The van der Waals surface area contributed by atoms with Crippen LogP contribution in [0, 0.1) is 17.8 Å². The SMILES string of the molecule is CCC(C)(Cc1ccc(S(=O)(=O)c2ccc(Oc3ccc(S(=O)(=O)c4ccc(Oc5ccc(C)cc5)cc4)cc3)cc2)cc1)C(C)=O.CCC(C)(Cc1ccccc1)C(C)=O.C[I-]S(=O)(=O)c1ccc(Oc2ccc(S(=O)(=O)CI)cc2)cc1.c1ccc(Oc2ccccc2)cc1. The molecule has 0 radical (unpaired) electrons. The minimum atomic E-state index is -3.78. The molecule has 14 nitrogen and oxygen atoms in total. The van der Waals surface area contributed by atoms with Crippen LogP contribution >= 0.6 is 22.6 Å². The summed E-state index contributed by atoms with van der Waals surface area (Å²) in [6.45, 7) is 13.3. The average Bonchev–Trinajstić information content (AvgIpc) is 0.890. The summed E-state index contributed by atoms with van der Waals surface area (Å²) < 4.78 is 123. The molecule has 0 fully saturated rings. The Hall–Kier alpha value is -8.00. The van der Waals surface area contributed by atoms with E-state index in [1.165, 1.54) is 66.2 Å². The number of para-hydroxylation sites is 2. The molecule has 0 aliphatic rings. The zero-order valence-electron chi connectivity index (χ0n) is 55.0. The molecule has 0 aliphatic carbocycles. The van der Waals surface area contributed by atoms with Crippen LogP contribution in [-0.4, -0.2) is 53.9 Å². The van der Waals surface area contributed by atoms with Gasteiger partial charge in [0.15, 0.2) is 0 Å². The molecule has 0 bridgehead atoms. The molecule has 2 unspecified atom stereocenters. The van der Waals surface area contributed by atoms with Gasteiger partial charge in [-0.15, -0.1) is 0 Å². The number of aryl methyl sites for hydroxylation is 1. The summed E-state index contributed by atoms with van der Waals surface area (Å²) in [5, 5.41) is 0. The van der Waals surface area contributed by atoms with Crippen LogP contribution < -0.4 is 38.8 Å². The third-order valence-electron chi connectivity index (χ3n) is 16.0. The number of sulfone groups is 3. The first kappa shape index (κ1) is 76.4. The number of benzene rings is 10. The molecule has 508 valence electrons. The largest absolute Gasteiger partial charge is 0.457 e. The maximum Gasteiger partial charge on any atom is 0.127 e. The van der Waals surface area contributed by atoms with E-state index < -0.39 is 61.8 Å². The van der Waals surface area contributed by atoms with E-state index in [0.29, 0.717) is 52.2 Å². The summed E-state index contributed by atoms with van der Waals surface area (Å²) in [7, 11) is -13.9. The van der Waals surface area contributed by atoms with Crippen molar-refractivity contribution in [3.63, 3.8) is 0 Å². The van der Waals surface area contributed by atoms with E-state index in [2.05, 4.69) is 19.1 Å². The number of halogens is 2. The van der Waals surface area contributed by atoms with Crippen LogP contribution in [0.5, 0.6) is 46.0 Å². The fourth-order valence-electron chi connectivity index (χ4n) is 9.28. The second-order valence-electron chi connectivity index (χ2n) is 23.0. The van der Waals surface area contributed by atoms with Crippen LogP contribution in [-0.2, 0) is 59.0 Å². The summed E-state index contributed by atoms with van der Waals surface area (Å²) in [6, 6.07) is 74.5. The summed E-state index contributed by atoms with van der Waals surface area (Å²) in [4.78, 5) is 26.3.